The second kappa shape index (κ2) is 17.8. The zero-order chi connectivity index (χ0) is 46.3. The van der Waals surface area contributed by atoms with Crippen molar-refractivity contribution in [2.75, 3.05) is 55.8 Å². The molecular weight excluding hydrogens is 851 g/mol. The van der Waals surface area contributed by atoms with Gasteiger partial charge in [0, 0.05) is 74.1 Å². The molecule has 2 fully saturated rings. The molecule has 7 aromatic rings. The first-order valence-corrected chi connectivity index (χ1v) is 21.9. The number of carbonyl (C=O) groups excluding carboxylic acids is 2. The molecular formula is C48H47N15O4. The summed E-state index contributed by atoms with van der Waals surface area (Å²) in [6, 6.07) is 24.5. The average Bonchev–Trinajstić information content (AvgIpc) is 3.94. The Hall–Kier alpha value is -7.89. The fourth-order valence-electron chi connectivity index (χ4n) is 8.61. The summed E-state index contributed by atoms with van der Waals surface area (Å²) in [5.74, 6) is 0.385. The number of amides is 2. The van der Waals surface area contributed by atoms with Crippen molar-refractivity contribution in [2.24, 2.45) is 11.8 Å². The Kier molecular flexibility index (Phi) is 11.4. The van der Waals surface area contributed by atoms with E-state index in [1.807, 2.05) is 79.9 Å². The Labute approximate surface area is 384 Å². The summed E-state index contributed by atoms with van der Waals surface area (Å²) < 4.78 is 3.35. The summed E-state index contributed by atoms with van der Waals surface area (Å²) in [4.78, 5) is 51.5. The molecule has 6 aromatic heterocycles. The molecule has 19 heteroatoms. The van der Waals surface area contributed by atoms with Crippen molar-refractivity contribution >= 4 is 52.2 Å². The number of nitrogens with zero attached hydrogens (tertiary/aromatic N) is 12. The molecule has 2 saturated heterocycles. The van der Waals surface area contributed by atoms with Crippen LogP contribution in [0.4, 0.5) is 29.1 Å². The maximum Gasteiger partial charge on any atom is 0.259 e. The van der Waals surface area contributed by atoms with Gasteiger partial charge in [-0.3, -0.25) is 34.7 Å². The molecule has 19 nitrogen and oxygen atoms in total. The van der Waals surface area contributed by atoms with Crippen molar-refractivity contribution in [1.29, 1.82) is 5.26 Å². The third-order valence-electron chi connectivity index (χ3n) is 12.4. The highest BCUT2D eigenvalue weighted by Gasteiger charge is 2.34. The molecule has 2 amide bonds. The maximum atomic E-state index is 14.3. The van der Waals surface area contributed by atoms with Crippen LogP contribution in [0.25, 0.3) is 22.4 Å². The van der Waals surface area contributed by atoms with E-state index < -0.39 is 6.23 Å². The maximum absolute atomic E-state index is 14.3. The van der Waals surface area contributed by atoms with Crippen LogP contribution in [0.2, 0.25) is 0 Å². The number of benzene rings is 1. The first-order chi connectivity index (χ1) is 32.5. The Balaban J connectivity index is 0.892. The zero-order valence-corrected chi connectivity index (χ0v) is 36.9. The summed E-state index contributed by atoms with van der Waals surface area (Å²) >= 11 is 0. The number of anilines is 5. The van der Waals surface area contributed by atoms with Gasteiger partial charge in [-0.2, -0.15) is 19.7 Å². The average molecular weight is 898 g/mol. The summed E-state index contributed by atoms with van der Waals surface area (Å²) in [5, 5.41) is 47.7. The van der Waals surface area contributed by atoms with E-state index in [-0.39, 0.29) is 41.6 Å². The highest BCUT2D eigenvalue weighted by molar-refractivity contribution is 6.06. The van der Waals surface area contributed by atoms with Crippen molar-refractivity contribution in [3.8, 4) is 17.2 Å². The van der Waals surface area contributed by atoms with Crippen LogP contribution in [0.15, 0.2) is 115 Å². The molecule has 0 saturated carbocycles. The lowest BCUT2D eigenvalue weighted by Crippen LogP contribution is -2.49. The first kappa shape index (κ1) is 43.0. The van der Waals surface area contributed by atoms with Gasteiger partial charge in [0.2, 0.25) is 11.9 Å². The SMILES string of the molecule is CNC(O)c1ccc(Nc2nc3c(C4C=CC(C(=O)N5CC(C#N)C5)=CC4C)ccc(N(C)C(=O)c4ccc(-c5cccn6nc(Nc7ccc(CN8CC(O)C8)nc7)nc56)cc4)n3n2)cn1. The predicted octanol–water partition coefficient (Wildman–Crippen LogP) is 4.58. The van der Waals surface area contributed by atoms with Gasteiger partial charge in [-0.25, -0.2) is 4.52 Å². The minimum Gasteiger partial charge on any atom is -0.390 e. The van der Waals surface area contributed by atoms with Crippen LogP contribution in [-0.4, -0.2) is 117 Å². The number of β-amino-alcohol motifs (C(OH)–C–C–N with tert-alkyl or cyclic N) is 1. The number of carbonyl (C=O) groups is 2. The number of aromatic nitrogens is 8. The lowest BCUT2D eigenvalue weighted by molar-refractivity contribution is -0.131. The number of hydrogen-bond acceptors (Lipinski definition) is 15. The van der Waals surface area contributed by atoms with Crippen LogP contribution >= 0.6 is 0 Å². The molecule has 10 rings (SSSR count). The topological polar surface area (TPSA) is 230 Å². The van der Waals surface area contributed by atoms with Gasteiger partial charge in [-0.1, -0.05) is 43.4 Å². The van der Waals surface area contributed by atoms with Gasteiger partial charge < -0.3 is 25.7 Å². The molecule has 0 radical (unpaired) electrons. The summed E-state index contributed by atoms with van der Waals surface area (Å²) in [5.41, 5.74) is 7.40. The Morgan fingerprint density at radius 1 is 0.910 bits per heavy atom. The fourth-order valence-corrected chi connectivity index (χ4v) is 8.61. The Morgan fingerprint density at radius 3 is 2.31 bits per heavy atom. The highest BCUT2D eigenvalue weighted by Crippen LogP contribution is 2.37. The van der Waals surface area contributed by atoms with Crippen LogP contribution < -0.4 is 20.9 Å². The van der Waals surface area contributed by atoms with Crippen LogP contribution in [0.3, 0.4) is 0 Å². The molecule has 67 heavy (non-hydrogen) atoms. The largest absolute Gasteiger partial charge is 0.390 e. The molecule has 8 heterocycles. The number of allylic oxidation sites excluding steroid dienone is 2. The molecule has 1 aromatic carbocycles. The molecule has 0 bridgehead atoms. The van der Waals surface area contributed by atoms with Crippen molar-refractivity contribution in [2.45, 2.75) is 31.7 Å². The van der Waals surface area contributed by atoms with E-state index >= 15 is 0 Å². The third kappa shape index (κ3) is 8.57. The Morgan fingerprint density at radius 2 is 1.64 bits per heavy atom. The minimum atomic E-state index is -0.919. The van der Waals surface area contributed by atoms with Crippen LogP contribution in [0, 0.1) is 23.2 Å². The summed E-state index contributed by atoms with van der Waals surface area (Å²) in [6.45, 7) is 4.91. The monoisotopic (exact) mass is 897 g/mol. The van der Waals surface area contributed by atoms with E-state index in [9.17, 15) is 25.1 Å². The van der Waals surface area contributed by atoms with E-state index in [4.69, 9.17) is 15.1 Å². The number of likely N-dealkylation sites (tertiary alicyclic amines) is 2. The van der Waals surface area contributed by atoms with E-state index in [1.165, 1.54) is 4.90 Å². The summed E-state index contributed by atoms with van der Waals surface area (Å²) in [6.07, 6.45) is 9.76. The molecule has 3 atom stereocenters. The molecule has 3 unspecified atom stereocenters. The smallest absolute Gasteiger partial charge is 0.259 e. The number of hydrogen-bond donors (Lipinski definition) is 5. The van der Waals surface area contributed by atoms with Crippen LogP contribution in [0.5, 0.6) is 0 Å². The van der Waals surface area contributed by atoms with Crippen molar-refractivity contribution in [1.82, 2.24) is 54.3 Å². The predicted molar refractivity (Wildman–Crippen MR) is 249 cm³/mol. The number of nitriles is 1. The number of aliphatic hydroxyl groups excluding tert-OH is 2. The number of rotatable bonds is 13. The van der Waals surface area contributed by atoms with Gasteiger partial charge >= 0.3 is 0 Å². The fraction of sp³-hybridized carbons (Fsp3) is 0.271. The number of nitrogens with one attached hydrogen (secondary N) is 3. The van der Waals surface area contributed by atoms with E-state index in [1.54, 1.807) is 64.7 Å². The van der Waals surface area contributed by atoms with E-state index in [2.05, 4.69) is 42.0 Å². The second-order valence-electron chi connectivity index (χ2n) is 17.1. The van der Waals surface area contributed by atoms with Crippen LogP contribution in [0.1, 0.15) is 46.4 Å². The standard InChI is InChI=1S/C48H47N15O4/c1-28-19-32(46(67)61-23-29(20-49)24-61)10-14-37(28)39-15-17-41(63-43(39)56-48(58-63)54-34-13-16-40(52-22-34)44(65)50-2)59(3)45(66)31-8-6-30(7-9-31)38-5-4-18-62-42(38)55-47(57-62)53-33-11-12-35(51-21-33)25-60-26-36(64)27-60/h4-19,21-22,28-29,36-37,44,50,64-65H,23-27H2,1-3H3,(H,53,57)(H,54,58). The van der Waals surface area contributed by atoms with Crippen molar-refractivity contribution in [3.05, 3.63) is 138 Å². The molecule has 1 aliphatic carbocycles. The van der Waals surface area contributed by atoms with Gasteiger partial charge in [0.05, 0.1) is 53.2 Å². The second-order valence-corrected chi connectivity index (χ2v) is 17.1. The van der Waals surface area contributed by atoms with Gasteiger partial charge in [-0.05, 0) is 73.1 Å². The molecule has 5 N–H and O–H groups in total. The van der Waals surface area contributed by atoms with Gasteiger partial charge in [-0.15, -0.1) is 10.2 Å². The van der Waals surface area contributed by atoms with E-state index in [0.717, 1.165) is 28.1 Å². The lowest BCUT2D eigenvalue weighted by atomic mass is 9.82. The highest BCUT2D eigenvalue weighted by atomic mass is 16.3. The van der Waals surface area contributed by atoms with Crippen molar-refractivity contribution < 1.29 is 19.8 Å². The van der Waals surface area contributed by atoms with Gasteiger partial charge in [0.25, 0.3) is 11.8 Å². The molecule has 0 spiro atoms. The molecule has 338 valence electrons. The molecule has 3 aliphatic rings. The molecule has 2 aliphatic heterocycles. The van der Waals surface area contributed by atoms with Gasteiger partial charge in [0.15, 0.2) is 11.3 Å². The van der Waals surface area contributed by atoms with Crippen LogP contribution in [-0.2, 0) is 11.3 Å². The Bertz CT molecular complexity index is 3090. The normalized spacial score (nSPS) is 18.0. The minimum absolute atomic E-state index is 0.0906. The number of pyridine rings is 4. The third-order valence-corrected chi connectivity index (χ3v) is 12.4. The number of fused-ring (bicyclic) bond motifs is 2. The van der Waals surface area contributed by atoms with Crippen molar-refractivity contribution in [3.63, 3.8) is 0 Å². The zero-order valence-electron chi connectivity index (χ0n) is 36.9. The number of aliphatic hydroxyl groups is 2. The quantitative estimate of drug-likeness (QED) is 0.0998. The van der Waals surface area contributed by atoms with Gasteiger partial charge in [0.1, 0.15) is 12.0 Å². The van der Waals surface area contributed by atoms with E-state index in [0.29, 0.717) is 78.3 Å². The first-order valence-electron chi connectivity index (χ1n) is 21.9. The summed E-state index contributed by atoms with van der Waals surface area (Å²) in [7, 11) is 3.33. The lowest BCUT2D eigenvalue weighted by Gasteiger charge is -2.36.